The molecule has 0 spiro atoms. The number of amides is 1. The molecule has 4 nitrogen and oxygen atoms in total. The molecule has 1 fully saturated rings. The maximum atomic E-state index is 12.5. The summed E-state index contributed by atoms with van der Waals surface area (Å²) in [5.74, 6) is 2.17. The van der Waals surface area contributed by atoms with Crippen LogP contribution in [0.3, 0.4) is 0 Å². The fourth-order valence-corrected chi connectivity index (χ4v) is 4.45. The number of methoxy groups -OCH3 is 2. The molecular formula is C19H21NO3S2. The van der Waals surface area contributed by atoms with E-state index < -0.39 is 0 Å². The lowest BCUT2D eigenvalue weighted by molar-refractivity contribution is -0.128. The van der Waals surface area contributed by atoms with Crippen LogP contribution in [0.25, 0.3) is 0 Å². The summed E-state index contributed by atoms with van der Waals surface area (Å²) in [6.07, 6.45) is 2.06. The third-order valence-corrected chi connectivity index (χ3v) is 6.20. The molecule has 0 saturated carbocycles. The topological polar surface area (TPSA) is 38.8 Å². The van der Waals surface area contributed by atoms with Crippen molar-refractivity contribution >= 4 is 29.4 Å². The van der Waals surface area contributed by atoms with Gasteiger partial charge < -0.3 is 14.4 Å². The van der Waals surface area contributed by atoms with E-state index in [1.54, 1.807) is 37.7 Å². The summed E-state index contributed by atoms with van der Waals surface area (Å²) < 4.78 is 10.8. The summed E-state index contributed by atoms with van der Waals surface area (Å²) in [7, 11) is 3.28. The van der Waals surface area contributed by atoms with Crippen LogP contribution in [0, 0.1) is 0 Å². The van der Waals surface area contributed by atoms with Crippen molar-refractivity contribution in [3.63, 3.8) is 0 Å². The summed E-state index contributed by atoms with van der Waals surface area (Å²) in [6, 6.07) is 14.1. The summed E-state index contributed by atoms with van der Waals surface area (Å²) in [5, 5.41) is 0.0271. The van der Waals surface area contributed by atoms with Crippen LogP contribution in [0.4, 0.5) is 0 Å². The van der Waals surface area contributed by atoms with Gasteiger partial charge in [0.1, 0.15) is 16.9 Å². The molecule has 1 heterocycles. The second-order valence-electron chi connectivity index (χ2n) is 5.64. The zero-order chi connectivity index (χ0) is 17.8. The van der Waals surface area contributed by atoms with Crippen LogP contribution in [-0.4, -0.2) is 37.0 Å². The minimum atomic E-state index is 0.0271. The van der Waals surface area contributed by atoms with Gasteiger partial charge in [-0.3, -0.25) is 4.79 Å². The van der Waals surface area contributed by atoms with Gasteiger partial charge >= 0.3 is 0 Å². The smallest absolute Gasteiger partial charge is 0.234 e. The first-order valence-electron chi connectivity index (χ1n) is 7.92. The Morgan fingerprint density at radius 3 is 2.56 bits per heavy atom. The predicted molar refractivity (Wildman–Crippen MR) is 104 cm³/mol. The fraction of sp³-hybridized carbons (Fsp3) is 0.316. The number of nitrogens with zero attached hydrogens (tertiary/aromatic N) is 1. The highest BCUT2D eigenvalue weighted by molar-refractivity contribution is 8.00. The molecule has 25 heavy (non-hydrogen) atoms. The van der Waals surface area contributed by atoms with E-state index in [4.69, 9.17) is 9.47 Å². The number of thioether (sulfide) groups is 2. The number of hydrogen-bond acceptors (Lipinski definition) is 5. The van der Waals surface area contributed by atoms with Gasteiger partial charge in [0.15, 0.2) is 0 Å². The van der Waals surface area contributed by atoms with Crippen LogP contribution < -0.4 is 9.47 Å². The van der Waals surface area contributed by atoms with Crippen LogP contribution >= 0.6 is 23.5 Å². The number of carbonyl (C=O) groups excluding carboxylic acids is 1. The zero-order valence-electron chi connectivity index (χ0n) is 14.5. The van der Waals surface area contributed by atoms with E-state index in [0.717, 1.165) is 22.6 Å². The van der Waals surface area contributed by atoms with Crippen molar-refractivity contribution in [1.82, 2.24) is 4.90 Å². The predicted octanol–water partition coefficient (Wildman–Crippen LogP) is 4.20. The van der Waals surface area contributed by atoms with E-state index in [9.17, 15) is 4.79 Å². The molecule has 0 bridgehead atoms. The van der Waals surface area contributed by atoms with Gasteiger partial charge in [-0.25, -0.2) is 0 Å². The quantitative estimate of drug-likeness (QED) is 0.708. The first-order valence-corrected chi connectivity index (χ1v) is 10.2. The maximum absolute atomic E-state index is 12.5. The van der Waals surface area contributed by atoms with Crippen molar-refractivity contribution in [2.45, 2.75) is 16.8 Å². The van der Waals surface area contributed by atoms with E-state index in [0.29, 0.717) is 12.3 Å². The normalized spacial score (nSPS) is 17.0. The highest BCUT2D eigenvalue weighted by Crippen LogP contribution is 2.41. The van der Waals surface area contributed by atoms with Gasteiger partial charge in [-0.2, -0.15) is 0 Å². The van der Waals surface area contributed by atoms with Crippen molar-refractivity contribution in [2.75, 3.05) is 26.2 Å². The molecular weight excluding hydrogens is 354 g/mol. The van der Waals surface area contributed by atoms with Crippen LogP contribution in [0.1, 0.15) is 16.5 Å². The Kier molecular flexibility index (Phi) is 5.81. The van der Waals surface area contributed by atoms with Crippen molar-refractivity contribution in [1.29, 1.82) is 0 Å². The monoisotopic (exact) mass is 375 g/mol. The van der Waals surface area contributed by atoms with Crippen molar-refractivity contribution in [3.8, 4) is 11.5 Å². The van der Waals surface area contributed by atoms with Gasteiger partial charge in [-0.05, 0) is 42.2 Å². The summed E-state index contributed by atoms with van der Waals surface area (Å²) >= 11 is 3.38. The third-order valence-electron chi connectivity index (χ3n) is 4.20. The molecule has 1 aliphatic heterocycles. The second kappa shape index (κ2) is 8.06. The first-order chi connectivity index (χ1) is 12.2. The molecule has 0 aromatic heterocycles. The van der Waals surface area contributed by atoms with Gasteiger partial charge in [0.05, 0.1) is 26.5 Å². The lowest BCUT2D eigenvalue weighted by Gasteiger charge is -2.25. The van der Waals surface area contributed by atoms with Crippen molar-refractivity contribution < 1.29 is 14.3 Å². The highest BCUT2D eigenvalue weighted by atomic mass is 32.2. The average molecular weight is 376 g/mol. The molecule has 1 amide bonds. The number of carbonyl (C=O) groups is 1. The molecule has 0 aliphatic carbocycles. The first kappa shape index (κ1) is 18.0. The maximum Gasteiger partial charge on any atom is 0.234 e. The van der Waals surface area contributed by atoms with E-state index in [2.05, 4.69) is 30.5 Å². The summed E-state index contributed by atoms with van der Waals surface area (Å²) in [4.78, 5) is 15.6. The number of rotatable bonds is 6. The lowest BCUT2D eigenvalue weighted by Crippen LogP contribution is -2.27. The Labute approximate surface area is 156 Å². The average Bonchev–Trinajstić information content (AvgIpc) is 3.02. The molecule has 1 unspecified atom stereocenters. The Balaban J connectivity index is 1.87. The van der Waals surface area contributed by atoms with Gasteiger partial charge in [-0.1, -0.05) is 12.1 Å². The Morgan fingerprint density at radius 2 is 1.92 bits per heavy atom. The van der Waals surface area contributed by atoms with Crippen LogP contribution in [0.5, 0.6) is 11.5 Å². The summed E-state index contributed by atoms with van der Waals surface area (Å²) in [5.41, 5.74) is 2.10. The SMILES string of the molecule is COc1ccc(OC)c(CN2C(=O)CSC2c2ccc(SC)cc2)c1. The fourth-order valence-electron chi connectivity index (χ4n) is 2.86. The standard InChI is InChI=1S/C19H21NO3S2/c1-22-15-6-9-17(23-2)14(10-15)11-20-18(21)12-25-19(20)13-4-7-16(24-3)8-5-13/h4-10,19H,11-12H2,1-3H3. The zero-order valence-corrected chi connectivity index (χ0v) is 16.2. The minimum Gasteiger partial charge on any atom is -0.497 e. The summed E-state index contributed by atoms with van der Waals surface area (Å²) in [6.45, 7) is 0.501. The Bertz CT molecular complexity index is 749. The van der Waals surface area contributed by atoms with Gasteiger partial charge in [0.2, 0.25) is 5.91 Å². The van der Waals surface area contributed by atoms with E-state index >= 15 is 0 Å². The van der Waals surface area contributed by atoms with Gasteiger partial charge in [0.25, 0.3) is 0 Å². The third kappa shape index (κ3) is 3.90. The van der Waals surface area contributed by atoms with Crippen LogP contribution in [0.15, 0.2) is 47.4 Å². The Hall–Kier alpha value is -1.79. The molecule has 1 saturated heterocycles. The van der Waals surface area contributed by atoms with Crippen molar-refractivity contribution in [2.24, 2.45) is 0 Å². The molecule has 1 atom stereocenters. The lowest BCUT2D eigenvalue weighted by atomic mass is 10.1. The Morgan fingerprint density at radius 1 is 1.16 bits per heavy atom. The van der Waals surface area contributed by atoms with E-state index in [-0.39, 0.29) is 11.3 Å². The van der Waals surface area contributed by atoms with Crippen LogP contribution in [0.2, 0.25) is 0 Å². The number of ether oxygens (including phenoxy) is 2. The van der Waals surface area contributed by atoms with Crippen LogP contribution in [-0.2, 0) is 11.3 Å². The van der Waals surface area contributed by atoms with Gasteiger partial charge in [-0.15, -0.1) is 23.5 Å². The molecule has 1 aliphatic rings. The molecule has 132 valence electrons. The molecule has 3 rings (SSSR count). The van der Waals surface area contributed by atoms with Gasteiger partial charge in [0, 0.05) is 10.5 Å². The minimum absolute atomic E-state index is 0.0271. The highest BCUT2D eigenvalue weighted by Gasteiger charge is 2.33. The molecule has 0 radical (unpaired) electrons. The second-order valence-corrected chi connectivity index (χ2v) is 7.58. The van der Waals surface area contributed by atoms with E-state index in [1.807, 2.05) is 23.1 Å². The van der Waals surface area contributed by atoms with E-state index in [1.165, 1.54) is 4.90 Å². The number of benzene rings is 2. The molecule has 6 heteroatoms. The molecule has 2 aromatic carbocycles. The van der Waals surface area contributed by atoms with Crippen molar-refractivity contribution in [3.05, 3.63) is 53.6 Å². The number of hydrogen-bond donors (Lipinski definition) is 0. The molecule has 0 N–H and O–H groups in total. The molecule has 2 aromatic rings. The largest absolute Gasteiger partial charge is 0.497 e.